The normalized spacial score (nSPS) is 14.8. The van der Waals surface area contributed by atoms with Gasteiger partial charge in [0, 0.05) is 22.5 Å². The number of hydrogen-bond donors (Lipinski definition) is 4. The zero-order chi connectivity index (χ0) is 23.4. The Labute approximate surface area is 197 Å². The Morgan fingerprint density at radius 2 is 1.67 bits per heavy atom. The smallest absolute Gasteiger partial charge is 0.313 e. The predicted octanol–water partition coefficient (Wildman–Crippen LogP) is 5.27. The molecule has 1 aliphatic rings. The van der Waals surface area contributed by atoms with Crippen LogP contribution in [0.25, 0.3) is 10.8 Å². The molecule has 0 atom stereocenters. The number of hydrogen-bond acceptors (Lipinski definition) is 6. The van der Waals surface area contributed by atoms with Crippen LogP contribution in [0.1, 0.15) is 32.1 Å². The van der Waals surface area contributed by atoms with Crippen molar-refractivity contribution in [3.63, 3.8) is 0 Å². The summed E-state index contributed by atoms with van der Waals surface area (Å²) in [4.78, 5) is 11.4. The molecule has 1 aliphatic carbocycles. The summed E-state index contributed by atoms with van der Waals surface area (Å²) in [5.41, 5.74) is 1.17. The number of aromatic hydroxyl groups is 1. The first-order valence-electron chi connectivity index (χ1n) is 10.8. The molecule has 33 heavy (non-hydrogen) atoms. The van der Waals surface area contributed by atoms with Gasteiger partial charge in [0.15, 0.2) is 0 Å². The Kier molecular flexibility index (Phi) is 6.99. The van der Waals surface area contributed by atoms with Crippen LogP contribution < -0.4 is 10.0 Å². The molecule has 1 saturated carbocycles. The number of phenolic OH excluding ortho intramolecular Hbond substituents is 1. The fourth-order valence-electron chi connectivity index (χ4n) is 4.08. The first-order valence-corrected chi connectivity index (χ1v) is 13.3. The topological polar surface area (TPSA) is 116 Å². The lowest BCUT2D eigenvalue weighted by atomic mass is 9.95. The molecule has 3 aromatic carbocycles. The first kappa shape index (κ1) is 23.3. The minimum absolute atomic E-state index is 0.0714. The van der Waals surface area contributed by atoms with E-state index < -0.39 is 16.0 Å². The number of thioether (sulfide) groups is 1. The van der Waals surface area contributed by atoms with Crippen molar-refractivity contribution in [2.75, 3.05) is 15.8 Å². The summed E-state index contributed by atoms with van der Waals surface area (Å²) in [6, 6.07) is 15.4. The van der Waals surface area contributed by atoms with Crippen LogP contribution in [0.15, 0.2) is 64.4 Å². The van der Waals surface area contributed by atoms with Gasteiger partial charge in [-0.15, -0.1) is 11.8 Å². The highest BCUT2D eigenvalue weighted by Crippen LogP contribution is 2.40. The van der Waals surface area contributed by atoms with E-state index in [4.69, 9.17) is 5.11 Å². The van der Waals surface area contributed by atoms with Crippen molar-refractivity contribution in [2.45, 2.75) is 47.9 Å². The first-order chi connectivity index (χ1) is 15.8. The lowest BCUT2D eigenvalue weighted by Gasteiger charge is -2.24. The third kappa shape index (κ3) is 5.54. The summed E-state index contributed by atoms with van der Waals surface area (Å²) in [7, 11) is -3.90. The van der Waals surface area contributed by atoms with Crippen LogP contribution in [-0.2, 0) is 14.8 Å². The van der Waals surface area contributed by atoms with Crippen molar-refractivity contribution < 1.29 is 23.4 Å². The molecule has 0 unspecified atom stereocenters. The van der Waals surface area contributed by atoms with Crippen LogP contribution in [0.2, 0.25) is 0 Å². The van der Waals surface area contributed by atoms with E-state index in [0.29, 0.717) is 21.7 Å². The molecule has 0 spiro atoms. The van der Waals surface area contributed by atoms with Gasteiger partial charge in [-0.05, 0) is 43.2 Å². The molecule has 0 saturated heterocycles. The second kappa shape index (κ2) is 9.93. The molecule has 0 radical (unpaired) electrons. The molecular weight excluding hydrogens is 460 g/mol. The number of anilines is 2. The molecule has 0 aromatic heterocycles. The number of sulfonamides is 1. The zero-order valence-corrected chi connectivity index (χ0v) is 19.6. The van der Waals surface area contributed by atoms with Crippen LogP contribution in [0, 0.1) is 0 Å². The Morgan fingerprint density at radius 1 is 1.00 bits per heavy atom. The maximum atomic E-state index is 13.1. The van der Waals surface area contributed by atoms with Crippen LogP contribution in [0.5, 0.6) is 5.75 Å². The quantitative estimate of drug-likeness (QED) is 0.253. The number of rotatable bonds is 8. The number of carbonyl (C=O) groups is 1. The Balaban J connectivity index is 1.60. The number of nitrogens with one attached hydrogen (secondary N) is 2. The van der Waals surface area contributed by atoms with Gasteiger partial charge in [-0.2, -0.15) is 0 Å². The van der Waals surface area contributed by atoms with E-state index in [2.05, 4.69) is 10.0 Å². The van der Waals surface area contributed by atoms with E-state index in [1.165, 1.54) is 25.3 Å². The van der Waals surface area contributed by atoms with E-state index in [1.807, 2.05) is 0 Å². The van der Waals surface area contributed by atoms with Gasteiger partial charge in [0.2, 0.25) is 0 Å². The van der Waals surface area contributed by atoms with Crippen molar-refractivity contribution in [1.29, 1.82) is 0 Å². The van der Waals surface area contributed by atoms with Gasteiger partial charge in [-0.25, -0.2) is 8.42 Å². The van der Waals surface area contributed by atoms with Crippen molar-refractivity contribution >= 4 is 49.9 Å². The number of fused-ring (bicyclic) bond motifs is 1. The van der Waals surface area contributed by atoms with Gasteiger partial charge in [0.05, 0.1) is 21.2 Å². The third-order valence-electron chi connectivity index (χ3n) is 5.72. The van der Waals surface area contributed by atoms with Crippen LogP contribution in [0.4, 0.5) is 11.4 Å². The predicted molar refractivity (Wildman–Crippen MR) is 132 cm³/mol. The maximum absolute atomic E-state index is 13.1. The highest BCUT2D eigenvalue weighted by atomic mass is 32.2. The summed E-state index contributed by atoms with van der Waals surface area (Å²) in [5, 5.41) is 24.0. The van der Waals surface area contributed by atoms with Gasteiger partial charge >= 0.3 is 5.97 Å². The summed E-state index contributed by atoms with van der Waals surface area (Å²) >= 11 is 0.932. The largest absolute Gasteiger partial charge is 0.506 e. The lowest BCUT2D eigenvalue weighted by molar-refractivity contribution is -0.133. The number of phenols is 1. The molecule has 1 fully saturated rings. The monoisotopic (exact) mass is 486 g/mol. The van der Waals surface area contributed by atoms with Crippen LogP contribution in [-0.4, -0.2) is 36.4 Å². The van der Waals surface area contributed by atoms with Gasteiger partial charge < -0.3 is 15.5 Å². The lowest BCUT2D eigenvalue weighted by Crippen LogP contribution is -2.22. The Morgan fingerprint density at radius 3 is 2.33 bits per heavy atom. The fourth-order valence-corrected chi connectivity index (χ4v) is 5.88. The van der Waals surface area contributed by atoms with E-state index in [9.17, 15) is 18.3 Å². The number of carboxylic acids is 1. The summed E-state index contributed by atoms with van der Waals surface area (Å²) in [6.07, 6.45) is 5.93. The molecule has 7 nitrogen and oxygen atoms in total. The SMILES string of the molecule is O=C(O)CSc1cc(NS(=O)(=O)c2ccc(NC3CCCCC3)cc2)c2ccccc2c1O. The number of benzene rings is 3. The molecule has 4 rings (SSSR count). The highest BCUT2D eigenvalue weighted by molar-refractivity contribution is 8.00. The molecule has 3 aromatic rings. The van der Waals surface area contributed by atoms with E-state index in [0.717, 1.165) is 30.3 Å². The van der Waals surface area contributed by atoms with Gasteiger partial charge in [-0.3, -0.25) is 9.52 Å². The average molecular weight is 487 g/mol. The summed E-state index contributed by atoms with van der Waals surface area (Å²) in [5.74, 6) is -1.36. The van der Waals surface area contributed by atoms with Crippen LogP contribution >= 0.6 is 11.8 Å². The van der Waals surface area contributed by atoms with Crippen LogP contribution in [0.3, 0.4) is 0 Å². The van der Waals surface area contributed by atoms with Crippen molar-refractivity contribution in [3.8, 4) is 5.75 Å². The second-order valence-corrected chi connectivity index (χ2v) is 10.8. The maximum Gasteiger partial charge on any atom is 0.313 e. The molecule has 4 N–H and O–H groups in total. The fraction of sp³-hybridized carbons (Fsp3) is 0.292. The third-order valence-corrected chi connectivity index (χ3v) is 8.11. The summed E-state index contributed by atoms with van der Waals surface area (Å²) < 4.78 is 28.8. The summed E-state index contributed by atoms with van der Waals surface area (Å²) in [6.45, 7) is 0. The molecule has 174 valence electrons. The van der Waals surface area contributed by atoms with Crippen molar-refractivity contribution in [1.82, 2.24) is 0 Å². The van der Waals surface area contributed by atoms with Crippen molar-refractivity contribution in [3.05, 3.63) is 54.6 Å². The molecular formula is C24H26N2O5S2. The molecule has 0 bridgehead atoms. The van der Waals surface area contributed by atoms with Gasteiger partial charge in [-0.1, -0.05) is 43.5 Å². The highest BCUT2D eigenvalue weighted by Gasteiger charge is 2.20. The molecule has 0 amide bonds. The minimum Gasteiger partial charge on any atom is -0.506 e. The van der Waals surface area contributed by atoms with E-state index >= 15 is 0 Å². The zero-order valence-electron chi connectivity index (χ0n) is 18.0. The Hall–Kier alpha value is -2.91. The van der Waals surface area contributed by atoms with Crippen molar-refractivity contribution in [2.24, 2.45) is 0 Å². The molecule has 0 heterocycles. The van der Waals surface area contributed by atoms with E-state index in [1.54, 1.807) is 48.5 Å². The second-order valence-electron chi connectivity index (χ2n) is 8.11. The van der Waals surface area contributed by atoms with E-state index in [-0.39, 0.29) is 22.1 Å². The number of aliphatic carboxylic acids is 1. The average Bonchev–Trinajstić information content (AvgIpc) is 2.81. The minimum atomic E-state index is -3.90. The standard InChI is InChI=1S/C24H26N2O5S2/c27-23(28)15-32-22-14-21(19-8-4-5-9-20(19)24(22)29)26-33(30,31)18-12-10-17(11-13-18)25-16-6-2-1-3-7-16/h4-5,8-14,16,25-26,29H,1-3,6-7,15H2,(H,27,28). The molecule has 9 heteroatoms. The number of carboxylic acid groups (broad SMARTS) is 1. The Bertz CT molecular complexity index is 1250. The van der Waals surface area contributed by atoms with Gasteiger partial charge in [0.25, 0.3) is 10.0 Å². The van der Waals surface area contributed by atoms with Gasteiger partial charge in [0.1, 0.15) is 5.75 Å². The molecule has 0 aliphatic heterocycles.